The van der Waals surface area contributed by atoms with Crippen LogP contribution in [-0.2, 0) is 0 Å². The van der Waals surface area contributed by atoms with E-state index in [-0.39, 0.29) is 5.82 Å². The van der Waals surface area contributed by atoms with Crippen LogP contribution in [0.25, 0.3) is 0 Å². The summed E-state index contributed by atoms with van der Waals surface area (Å²) in [6.45, 7) is 7.75. The average molecular weight is 276 g/mol. The zero-order chi connectivity index (χ0) is 14.1. The molecule has 2 nitrogen and oxygen atoms in total. The molecular formula is C17H25FN2. The molecule has 2 heterocycles. The van der Waals surface area contributed by atoms with Crippen molar-refractivity contribution in [3.05, 3.63) is 29.6 Å². The van der Waals surface area contributed by atoms with Crippen LogP contribution in [0.1, 0.15) is 44.6 Å². The quantitative estimate of drug-likeness (QED) is 0.908. The number of nitrogens with one attached hydrogen (secondary N) is 1. The lowest BCUT2D eigenvalue weighted by Gasteiger charge is -2.27. The highest BCUT2D eigenvalue weighted by Gasteiger charge is 2.32. The van der Waals surface area contributed by atoms with Gasteiger partial charge in [0.2, 0.25) is 0 Å². The summed E-state index contributed by atoms with van der Waals surface area (Å²) in [7, 11) is 0. The molecule has 3 rings (SSSR count). The lowest BCUT2D eigenvalue weighted by atomic mass is 9.86. The number of halogens is 1. The van der Waals surface area contributed by atoms with Gasteiger partial charge in [0.1, 0.15) is 5.82 Å². The maximum Gasteiger partial charge on any atom is 0.125 e. The van der Waals surface area contributed by atoms with Gasteiger partial charge >= 0.3 is 0 Å². The van der Waals surface area contributed by atoms with Gasteiger partial charge in [0.15, 0.2) is 0 Å². The van der Waals surface area contributed by atoms with Crippen LogP contribution in [0.2, 0.25) is 0 Å². The number of benzene rings is 1. The Hall–Kier alpha value is -1.09. The molecule has 2 aliphatic rings. The largest absolute Gasteiger partial charge is 0.368 e. The Morgan fingerprint density at radius 2 is 2.25 bits per heavy atom. The van der Waals surface area contributed by atoms with Crippen LogP contribution >= 0.6 is 0 Å². The predicted octanol–water partition coefficient (Wildman–Crippen LogP) is 3.53. The Balaban J connectivity index is 1.80. The fourth-order valence-electron chi connectivity index (χ4n) is 3.76. The molecule has 0 aliphatic carbocycles. The van der Waals surface area contributed by atoms with Crippen molar-refractivity contribution >= 4 is 5.69 Å². The fourth-order valence-corrected chi connectivity index (χ4v) is 3.76. The predicted molar refractivity (Wildman–Crippen MR) is 81.8 cm³/mol. The molecule has 0 saturated carbocycles. The second-order valence-electron chi connectivity index (χ2n) is 6.59. The number of rotatable bonds is 3. The summed E-state index contributed by atoms with van der Waals surface area (Å²) in [5, 5.41) is 3.50. The molecule has 1 saturated heterocycles. The number of nitrogens with zero attached hydrogens (tertiary/aromatic N) is 1. The topological polar surface area (TPSA) is 15.3 Å². The first kappa shape index (κ1) is 13.9. The SMILES string of the molecule is CC(C)N1CC(C[C@H]2CCCNC2)c2ccc(F)cc21. The van der Waals surface area contributed by atoms with Gasteiger partial charge in [-0.25, -0.2) is 4.39 Å². The monoisotopic (exact) mass is 276 g/mol. The zero-order valence-electron chi connectivity index (χ0n) is 12.5. The van der Waals surface area contributed by atoms with Gasteiger partial charge in [-0.05, 0) is 69.8 Å². The molecule has 20 heavy (non-hydrogen) atoms. The molecular weight excluding hydrogens is 251 g/mol. The van der Waals surface area contributed by atoms with Crippen molar-refractivity contribution in [3.8, 4) is 0 Å². The smallest absolute Gasteiger partial charge is 0.125 e. The van der Waals surface area contributed by atoms with E-state index in [0.717, 1.165) is 24.7 Å². The minimum atomic E-state index is -0.116. The van der Waals surface area contributed by atoms with E-state index < -0.39 is 0 Å². The summed E-state index contributed by atoms with van der Waals surface area (Å²) in [6, 6.07) is 5.78. The molecule has 0 spiro atoms. The third kappa shape index (κ3) is 2.69. The molecule has 1 N–H and O–H groups in total. The molecule has 1 fully saturated rings. The highest BCUT2D eigenvalue weighted by Crippen LogP contribution is 2.41. The van der Waals surface area contributed by atoms with E-state index in [1.165, 1.54) is 31.4 Å². The Morgan fingerprint density at radius 1 is 1.40 bits per heavy atom. The van der Waals surface area contributed by atoms with Crippen LogP contribution in [0.5, 0.6) is 0 Å². The van der Waals surface area contributed by atoms with Crippen LogP contribution in [0, 0.1) is 11.7 Å². The molecule has 110 valence electrons. The van der Waals surface area contributed by atoms with Crippen molar-refractivity contribution < 1.29 is 4.39 Å². The average Bonchev–Trinajstić information content (AvgIpc) is 2.78. The van der Waals surface area contributed by atoms with Gasteiger partial charge in [0.25, 0.3) is 0 Å². The second kappa shape index (κ2) is 5.72. The lowest BCUT2D eigenvalue weighted by molar-refractivity contribution is 0.337. The molecule has 1 unspecified atom stereocenters. The first-order valence-electron chi connectivity index (χ1n) is 7.92. The summed E-state index contributed by atoms with van der Waals surface area (Å²) in [5.41, 5.74) is 2.47. The van der Waals surface area contributed by atoms with Crippen LogP contribution in [0.15, 0.2) is 18.2 Å². The van der Waals surface area contributed by atoms with Gasteiger partial charge in [-0.2, -0.15) is 0 Å². The molecule has 1 aromatic carbocycles. The highest BCUT2D eigenvalue weighted by molar-refractivity contribution is 5.61. The fraction of sp³-hybridized carbons (Fsp3) is 0.647. The van der Waals surface area contributed by atoms with E-state index in [2.05, 4.69) is 24.1 Å². The maximum atomic E-state index is 13.5. The normalized spacial score (nSPS) is 26.1. The van der Waals surface area contributed by atoms with E-state index in [1.54, 1.807) is 12.1 Å². The molecule has 3 heteroatoms. The van der Waals surface area contributed by atoms with E-state index in [9.17, 15) is 4.39 Å². The molecule has 0 radical (unpaired) electrons. The van der Waals surface area contributed by atoms with E-state index in [4.69, 9.17) is 0 Å². The van der Waals surface area contributed by atoms with Gasteiger partial charge in [0, 0.05) is 24.2 Å². The highest BCUT2D eigenvalue weighted by atomic mass is 19.1. The zero-order valence-corrected chi connectivity index (χ0v) is 12.5. The second-order valence-corrected chi connectivity index (χ2v) is 6.59. The first-order chi connectivity index (χ1) is 9.65. The van der Waals surface area contributed by atoms with Crippen LogP contribution in [-0.4, -0.2) is 25.7 Å². The van der Waals surface area contributed by atoms with Gasteiger partial charge in [-0.3, -0.25) is 0 Å². The van der Waals surface area contributed by atoms with Gasteiger partial charge in [0.05, 0.1) is 0 Å². The molecule has 0 aromatic heterocycles. The summed E-state index contributed by atoms with van der Waals surface area (Å²) in [4.78, 5) is 2.36. The minimum absolute atomic E-state index is 0.116. The van der Waals surface area contributed by atoms with Gasteiger partial charge in [-0.1, -0.05) is 6.07 Å². The van der Waals surface area contributed by atoms with Crippen LogP contribution in [0.4, 0.5) is 10.1 Å². The van der Waals surface area contributed by atoms with E-state index in [1.807, 2.05) is 6.07 Å². The summed E-state index contributed by atoms with van der Waals surface area (Å²) in [5.74, 6) is 1.23. The Kier molecular flexibility index (Phi) is 3.97. The maximum absolute atomic E-state index is 13.5. The number of piperidine rings is 1. The van der Waals surface area contributed by atoms with Crippen molar-refractivity contribution in [2.45, 2.75) is 45.1 Å². The van der Waals surface area contributed by atoms with Crippen LogP contribution in [0.3, 0.4) is 0 Å². The van der Waals surface area contributed by atoms with Crippen molar-refractivity contribution in [1.29, 1.82) is 0 Å². The lowest BCUT2D eigenvalue weighted by Crippen LogP contribution is -2.32. The van der Waals surface area contributed by atoms with Crippen molar-refractivity contribution in [2.24, 2.45) is 5.92 Å². The summed E-state index contributed by atoms with van der Waals surface area (Å²) < 4.78 is 13.5. The first-order valence-corrected chi connectivity index (χ1v) is 7.92. The number of hydrogen-bond donors (Lipinski definition) is 1. The van der Waals surface area contributed by atoms with Gasteiger partial charge in [-0.15, -0.1) is 0 Å². The Labute approximate surface area is 121 Å². The Morgan fingerprint density at radius 3 is 2.95 bits per heavy atom. The standard InChI is InChI=1S/C17H25FN2/c1-12(2)20-11-14(8-13-4-3-7-19-10-13)16-6-5-15(18)9-17(16)20/h5-6,9,12-14,19H,3-4,7-8,10-11H2,1-2H3/t13-,14?/m1/s1. The Bertz CT molecular complexity index is 466. The summed E-state index contributed by atoms with van der Waals surface area (Å²) >= 11 is 0. The van der Waals surface area contributed by atoms with Crippen molar-refractivity contribution in [2.75, 3.05) is 24.5 Å². The van der Waals surface area contributed by atoms with Crippen molar-refractivity contribution in [1.82, 2.24) is 5.32 Å². The third-order valence-electron chi connectivity index (χ3n) is 4.80. The van der Waals surface area contributed by atoms with Crippen LogP contribution < -0.4 is 10.2 Å². The van der Waals surface area contributed by atoms with Gasteiger partial charge < -0.3 is 10.2 Å². The van der Waals surface area contributed by atoms with E-state index >= 15 is 0 Å². The third-order valence-corrected chi connectivity index (χ3v) is 4.80. The number of anilines is 1. The summed E-state index contributed by atoms with van der Waals surface area (Å²) in [6.07, 6.45) is 3.86. The minimum Gasteiger partial charge on any atom is -0.368 e. The number of hydrogen-bond acceptors (Lipinski definition) is 2. The number of fused-ring (bicyclic) bond motifs is 1. The van der Waals surface area contributed by atoms with Crippen molar-refractivity contribution in [3.63, 3.8) is 0 Å². The molecule has 0 amide bonds. The molecule has 2 atom stereocenters. The van der Waals surface area contributed by atoms with E-state index in [0.29, 0.717) is 12.0 Å². The molecule has 2 aliphatic heterocycles. The molecule has 1 aromatic rings. The molecule has 0 bridgehead atoms.